The molecule has 142 valence electrons. The van der Waals surface area contributed by atoms with Gasteiger partial charge in [0.15, 0.2) is 23.4 Å². The normalized spacial score (nSPS) is 35.3. The Morgan fingerprint density at radius 1 is 1.44 bits per heavy atom. The van der Waals surface area contributed by atoms with Gasteiger partial charge in [-0.3, -0.25) is 4.79 Å². The number of Topliss-reactive ketones (excluding diaryl/α,β-unsaturated/α-hetero) is 1. The Bertz CT molecular complexity index is 881. The molecule has 5 rings (SSSR count). The molecule has 0 aromatic heterocycles. The minimum absolute atomic E-state index is 0.0149. The molecule has 7 nitrogen and oxygen atoms in total. The number of aliphatic hydroxyl groups is 1. The van der Waals surface area contributed by atoms with Gasteiger partial charge >= 0.3 is 6.09 Å². The number of carbonyl (C=O) groups is 2. The van der Waals surface area contributed by atoms with Gasteiger partial charge in [-0.25, -0.2) is 4.79 Å². The van der Waals surface area contributed by atoms with E-state index < -0.39 is 29.3 Å². The van der Waals surface area contributed by atoms with Crippen LogP contribution in [0, 0.1) is 0 Å². The number of carbonyl (C=O) groups excluding carboxylic acids is 2. The highest BCUT2D eigenvalue weighted by atomic mass is 16.6. The van der Waals surface area contributed by atoms with Crippen molar-refractivity contribution in [2.24, 2.45) is 0 Å². The van der Waals surface area contributed by atoms with Gasteiger partial charge in [0.25, 0.3) is 0 Å². The number of ketones is 1. The monoisotopic (exact) mass is 371 g/mol. The van der Waals surface area contributed by atoms with E-state index in [0.717, 1.165) is 11.1 Å². The third-order valence-electron chi connectivity index (χ3n) is 6.82. The van der Waals surface area contributed by atoms with Crippen LogP contribution < -0.4 is 4.74 Å². The number of hydrogen-bond acceptors (Lipinski definition) is 6. The largest absolute Gasteiger partial charge is 0.504 e. The summed E-state index contributed by atoms with van der Waals surface area (Å²) < 4.78 is 11.2. The molecule has 2 heterocycles. The Balaban J connectivity index is 1.68. The second-order valence-electron chi connectivity index (χ2n) is 7.84. The van der Waals surface area contributed by atoms with E-state index in [1.165, 1.54) is 6.08 Å². The van der Waals surface area contributed by atoms with Gasteiger partial charge in [0.2, 0.25) is 0 Å². The molecule has 2 fully saturated rings. The zero-order chi connectivity index (χ0) is 19.0. The van der Waals surface area contributed by atoms with Gasteiger partial charge in [0.05, 0.1) is 17.1 Å². The van der Waals surface area contributed by atoms with E-state index in [1.807, 2.05) is 0 Å². The fourth-order valence-corrected chi connectivity index (χ4v) is 5.76. The molecule has 4 aliphatic rings. The quantitative estimate of drug-likeness (QED) is 0.764. The Labute approximate surface area is 156 Å². The van der Waals surface area contributed by atoms with Crippen molar-refractivity contribution in [3.05, 3.63) is 35.9 Å². The molecule has 2 N–H and O–H groups in total. The highest BCUT2D eigenvalue weighted by molar-refractivity contribution is 5.90. The number of piperidine rings is 1. The Kier molecular flexibility index (Phi) is 3.23. The van der Waals surface area contributed by atoms with Crippen LogP contribution in [0.5, 0.6) is 11.5 Å². The van der Waals surface area contributed by atoms with E-state index in [-0.39, 0.29) is 31.0 Å². The van der Waals surface area contributed by atoms with Crippen LogP contribution in [0.1, 0.15) is 30.4 Å². The number of ether oxygens (including phenoxy) is 2. The van der Waals surface area contributed by atoms with Gasteiger partial charge in [0, 0.05) is 18.5 Å². The zero-order valence-electron chi connectivity index (χ0n) is 14.8. The van der Waals surface area contributed by atoms with Gasteiger partial charge in [-0.1, -0.05) is 18.7 Å². The first-order valence-electron chi connectivity index (χ1n) is 9.25. The van der Waals surface area contributed by atoms with Gasteiger partial charge in [0.1, 0.15) is 6.61 Å². The Morgan fingerprint density at radius 2 is 2.26 bits per heavy atom. The standard InChI is InChI=1S/C20H21NO6/c1-2-9-26-18(24)21-8-7-19-15-11-3-4-12(22)16(15)27-17(19)13(23)5-6-20(19,25)14(21)10-11/h2-4,14,17,22,25H,1,5-10H2/t14-,17+,19+,20-/m1/s1. The zero-order valence-corrected chi connectivity index (χ0v) is 14.8. The van der Waals surface area contributed by atoms with Crippen molar-refractivity contribution in [3.8, 4) is 11.5 Å². The molecule has 7 heteroatoms. The molecule has 1 spiro atoms. The first-order chi connectivity index (χ1) is 12.9. The summed E-state index contributed by atoms with van der Waals surface area (Å²) in [6.07, 6.45) is 1.43. The number of amides is 1. The smallest absolute Gasteiger partial charge is 0.410 e. The second-order valence-corrected chi connectivity index (χ2v) is 7.84. The van der Waals surface area contributed by atoms with Gasteiger partial charge in [-0.05, 0) is 30.9 Å². The molecular weight excluding hydrogens is 350 g/mol. The van der Waals surface area contributed by atoms with Gasteiger partial charge in [-0.2, -0.15) is 0 Å². The van der Waals surface area contributed by atoms with Crippen molar-refractivity contribution in [2.75, 3.05) is 13.2 Å². The summed E-state index contributed by atoms with van der Waals surface area (Å²) in [6.45, 7) is 4.01. The van der Waals surface area contributed by atoms with E-state index in [9.17, 15) is 19.8 Å². The van der Waals surface area contributed by atoms with Gasteiger partial charge < -0.3 is 24.6 Å². The molecule has 27 heavy (non-hydrogen) atoms. The summed E-state index contributed by atoms with van der Waals surface area (Å²) in [4.78, 5) is 26.9. The van der Waals surface area contributed by atoms with Crippen molar-refractivity contribution < 1.29 is 29.3 Å². The molecule has 1 saturated carbocycles. The average Bonchev–Trinajstić information content (AvgIpc) is 3.00. The lowest BCUT2D eigenvalue weighted by molar-refractivity contribution is -0.183. The average molecular weight is 371 g/mol. The van der Waals surface area contributed by atoms with Gasteiger partial charge in [-0.15, -0.1) is 0 Å². The topological polar surface area (TPSA) is 96.3 Å². The lowest BCUT2D eigenvalue weighted by Gasteiger charge is -2.61. The van der Waals surface area contributed by atoms with Crippen LogP contribution in [0.3, 0.4) is 0 Å². The van der Waals surface area contributed by atoms with Crippen LogP contribution in [0.15, 0.2) is 24.8 Å². The first-order valence-corrected chi connectivity index (χ1v) is 9.25. The van der Waals surface area contributed by atoms with Crippen LogP contribution >= 0.6 is 0 Å². The molecule has 1 aromatic rings. The van der Waals surface area contributed by atoms with Crippen LogP contribution in [-0.4, -0.2) is 57.9 Å². The van der Waals surface area contributed by atoms with E-state index >= 15 is 0 Å². The van der Waals surface area contributed by atoms with E-state index in [1.54, 1.807) is 17.0 Å². The van der Waals surface area contributed by atoms with E-state index in [2.05, 4.69) is 6.58 Å². The maximum Gasteiger partial charge on any atom is 0.410 e. The molecule has 1 amide bonds. The third-order valence-corrected chi connectivity index (χ3v) is 6.82. The lowest BCUT2D eigenvalue weighted by Crippen LogP contribution is -2.77. The highest BCUT2D eigenvalue weighted by Crippen LogP contribution is 2.64. The van der Waals surface area contributed by atoms with Crippen LogP contribution in [0.25, 0.3) is 0 Å². The number of phenols is 1. The first kappa shape index (κ1) is 16.6. The number of benzene rings is 1. The molecule has 0 radical (unpaired) electrons. The summed E-state index contributed by atoms with van der Waals surface area (Å²) in [5.74, 6) is 0.232. The van der Waals surface area contributed by atoms with Crippen LogP contribution in [0.2, 0.25) is 0 Å². The molecule has 0 unspecified atom stereocenters. The number of phenolic OH excluding ortho intramolecular Hbond substituents is 1. The number of aromatic hydroxyl groups is 1. The molecule has 4 atom stereocenters. The highest BCUT2D eigenvalue weighted by Gasteiger charge is 2.73. The summed E-state index contributed by atoms with van der Waals surface area (Å²) in [5.41, 5.74) is -0.582. The SMILES string of the molecule is C=CCOC(=O)N1CC[C@]23c4c5ccc(O)c4O[C@H]2C(=O)CC[C@@]3(O)[C@H]1C5. The molecular formula is C20H21NO6. The summed E-state index contributed by atoms with van der Waals surface area (Å²) in [7, 11) is 0. The molecule has 2 aliphatic carbocycles. The summed E-state index contributed by atoms with van der Waals surface area (Å²) in [6, 6.07) is 2.84. The van der Waals surface area contributed by atoms with Crippen molar-refractivity contribution in [2.45, 2.75) is 48.8 Å². The third kappa shape index (κ3) is 1.80. The fourth-order valence-electron chi connectivity index (χ4n) is 5.76. The fraction of sp³-hybridized carbons (Fsp3) is 0.500. The van der Waals surface area contributed by atoms with Crippen LogP contribution in [-0.2, 0) is 21.4 Å². The maximum atomic E-state index is 12.7. The van der Waals surface area contributed by atoms with Crippen molar-refractivity contribution >= 4 is 11.9 Å². The second kappa shape index (κ2) is 5.25. The number of hydrogen-bond donors (Lipinski definition) is 2. The molecule has 1 aromatic carbocycles. The summed E-state index contributed by atoms with van der Waals surface area (Å²) >= 11 is 0. The van der Waals surface area contributed by atoms with E-state index in [4.69, 9.17) is 9.47 Å². The van der Waals surface area contributed by atoms with Crippen LogP contribution in [0.4, 0.5) is 4.79 Å². The molecule has 2 bridgehead atoms. The Hall–Kier alpha value is -2.54. The molecule has 2 aliphatic heterocycles. The maximum absolute atomic E-state index is 12.7. The minimum Gasteiger partial charge on any atom is -0.504 e. The number of rotatable bonds is 2. The lowest BCUT2D eigenvalue weighted by atomic mass is 9.49. The van der Waals surface area contributed by atoms with Crippen molar-refractivity contribution in [1.82, 2.24) is 4.90 Å². The number of likely N-dealkylation sites (tertiary alicyclic amines) is 1. The van der Waals surface area contributed by atoms with Crippen molar-refractivity contribution in [3.63, 3.8) is 0 Å². The Morgan fingerprint density at radius 3 is 3.04 bits per heavy atom. The minimum atomic E-state index is -1.30. The van der Waals surface area contributed by atoms with E-state index in [0.29, 0.717) is 25.1 Å². The summed E-state index contributed by atoms with van der Waals surface area (Å²) in [5, 5.41) is 22.2. The van der Waals surface area contributed by atoms with Crippen molar-refractivity contribution in [1.29, 1.82) is 0 Å². The predicted molar refractivity (Wildman–Crippen MR) is 93.8 cm³/mol. The number of nitrogens with zero attached hydrogens (tertiary/aromatic N) is 1. The predicted octanol–water partition coefficient (Wildman–Crippen LogP) is 1.44. The molecule has 1 saturated heterocycles.